The molecule has 1 aromatic carbocycles. The van der Waals surface area contributed by atoms with Crippen LogP contribution >= 0.6 is 0 Å². The van der Waals surface area contributed by atoms with Crippen LogP contribution in [0.1, 0.15) is 32.1 Å². The van der Waals surface area contributed by atoms with E-state index in [1.165, 1.54) is 6.26 Å². The normalized spacial score (nSPS) is 13.2. The van der Waals surface area contributed by atoms with Crippen molar-refractivity contribution in [3.8, 4) is 0 Å². The Morgan fingerprint density at radius 2 is 1.92 bits per heavy atom. The number of hydrogen-bond acceptors (Lipinski definition) is 4. The number of aliphatic imine (C=N–C) groups is 1. The lowest BCUT2D eigenvalue weighted by atomic mass is 10.1. The summed E-state index contributed by atoms with van der Waals surface area (Å²) in [7, 11) is -3.17. The molecule has 0 aliphatic heterocycles. The number of furan rings is 1. The maximum absolute atomic E-state index is 11.8. The lowest BCUT2D eigenvalue weighted by Gasteiger charge is -2.24. The highest BCUT2D eigenvalue weighted by Gasteiger charge is 2.30. The van der Waals surface area contributed by atoms with Gasteiger partial charge in [-0.3, -0.25) is 0 Å². The van der Waals surface area contributed by atoms with Gasteiger partial charge in [-0.25, -0.2) is 13.4 Å². The molecule has 25 heavy (non-hydrogen) atoms. The maximum atomic E-state index is 11.8. The Morgan fingerprint density at radius 1 is 1.24 bits per heavy atom. The SMILES string of the molecule is CCNC(=NCc1oc2ccccc2c1C)NCC(C)(C)S(C)(=O)=O. The second kappa shape index (κ2) is 7.47. The maximum Gasteiger partial charge on any atom is 0.191 e. The van der Waals surface area contributed by atoms with Crippen molar-refractivity contribution in [3.05, 3.63) is 35.6 Å². The zero-order valence-electron chi connectivity index (χ0n) is 15.5. The van der Waals surface area contributed by atoms with Gasteiger partial charge in [-0.15, -0.1) is 0 Å². The number of sulfone groups is 1. The van der Waals surface area contributed by atoms with Gasteiger partial charge in [0, 0.05) is 30.3 Å². The van der Waals surface area contributed by atoms with E-state index in [9.17, 15) is 8.42 Å². The number of nitrogens with zero attached hydrogens (tertiary/aromatic N) is 1. The molecule has 0 amide bonds. The van der Waals surface area contributed by atoms with Crippen LogP contribution in [0.15, 0.2) is 33.7 Å². The van der Waals surface area contributed by atoms with Crippen molar-refractivity contribution in [2.45, 2.75) is 39.0 Å². The average Bonchev–Trinajstić information content (AvgIpc) is 2.86. The lowest BCUT2D eigenvalue weighted by molar-refractivity contribution is 0.539. The zero-order valence-corrected chi connectivity index (χ0v) is 16.3. The van der Waals surface area contributed by atoms with Crippen LogP contribution < -0.4 is 10.6 Å². The van der Waals surface area contributed by atoms with Gasteiger partial charge in [0.1, 0.15) is 17.9 Å². The van der Waals surface area contributed by atoms with Gasteiger partial charge in [0.2, 0.25) is 0 Å². The molecular formula is C18H27N3O3S. The van der Waals surface area contributed by atoms with Crippen LogP contribution in [0, 0.1) is 6.92 Å². The van der Waals surface area contributed by atoms with Gasteiger partial charge < -0.3 is 15.1 Å². The van der Waals surface area contributed by atoms with Crippen molar-refractivity contribution in [1.82, 2.24) is 10.6 Å². The van der Waals surface area contributed by atoms with E-state index in [1.54, 1.807) is 13.8 Å². The third-order valence-corrected chi connectivity index (χ3v) is 6.50. The summed E-state index contributed by atoms with van der Waals surface area (Å²) in [6.07, 6.45) is 1.25. The van der Waals surface area contributed by atoms with Gasteiger partial charge in [-0.1, -0.05) is 18.2 Å². The van der Waals surface area contributed by atoms with Crippen LogP contribution in [0.2, 0.25) is 0 Å². The molecule has 138 valence electrons. The predicted molar refractivity (Wildman–Crippen MR) is 103 cm³/mol. The highest BCUT2D eigenvalue weighted by atomic mass is 32.2. The quantitative estimate of drug-likeness (QED) is 0.607. The monoisotopic (exact) mass is 365 g/mol. The number of fused-ring (bicyclic) bond motifs is 1. The molecule has 0 aliphatic rings. The first-order valence-electron chi connectivity index (χ1n) is 8.34. The molecule has 0 atom stereocenters. The number of aryl methyl sites for hydroxylation is 1. The summed E-state index contributed by atoms with van der Waals surface area (Å²) in [4.78, 5) is 4.53. The molecule has 0 aliphatic carbocycles. The summed E-state index contributed by atoms with van der Waals surface area (Å²) in [6, 6.07) is 7.89. The van der Waals surface area contributed by atoms with Gasteiger partial charge in [0.25, 0.3) is 0 Å². The van der Waals surface area contributed by atoms with E-state index in [-0.39, 0.29) is 6.54 Å². The molecular weight excluding hydrogens is 338 g/mol. The van der Waals surface area contributed by atoms with Crippen molar-refractivity contribution in [2.24, 2.45) is 4.99 Å². The van der Waals surface area contributed by atoms with Crippen LogP contribution in [-0.2, 0) is 16.4 Å². The first-order chi connectivity index (χ1) is 11.7. The molecule has 0 saturated heterocycles. The number of nitrogens with one attached hydrogen (secondary N) is 2. The van der Waals surface area contributed by atoms with Crippen molar-refractivity contribution in [2.75, 3.05) is 19.3 Å². The smallest absolute Gasteiger partial charge is 0.191 e. The highest BCUT2D eigenvalue weighted by Crippen LogP contribution is 2.25. The molecule has 0 bridgehead atoms. The molecule has 0 saturated carbocycles. The second-order valence-corrected chi connectivity index (χ2v) is 9.38. The predicted octanol–water partition coefficient (Wildman–Crippen LogP) is 2.62. The fraction of sp³-hybridized carbons (Fsp3) is 0.500. The average molecular weight is 365 g/mol. The Hall–Kier alpha value is -2.02. The summed E-state index contributed by atoms with van der Waals surface area (Å²) >= 11 is 0. The minimum Gasteiger partial charge on any atom is -0.459 e. The summed E-state index contributed by atoms with van der Waals surface area (Å²) in [5.41, 5.74) is 1.92. The van der Waals surface area contributed by atoms with Gasteiger partial charge in [0.05, 0.1) is 4.75 Å². The Balaban J connectivity index is 2.15. The Kier molecular flexibility index (Phi) is 5.77. The standard InChI is InChI=1S/C18H27N3O3S/c1-6-19-17(21-12-18(3,4)25(5,22)23)20-11-16-13(2)14-9-7-8-10-15(14)24-16/h7-10H,6,11-12H2,1-5H3,(H2,19,20,21). The molecule has 0 radical (unpaired) electrons. The number of para-hydroxylation sites is 1. The summed E-state index contributed by atoms with van der Waals surface area (Å²) < 4.78 is 28.7. The van der Waals surface area contributed by atoms with Crippen LogP contribution in [0.5, 0.6) is 0 Å². The third kappa shape index (κ3) is 4.54. The first kappa shape index (κ1) is 19.3. The Morgan fingerprint density at radius 3 is 2.52 bits per heavy atom. The van der Waals surface area contributed by atoms with E-state index in [0.29, 0.717) is 19.0 Å². The molecule has 2 rings (SSSR count). The van der Waals surface area contributed by atoms with E-state index < -0.39 is 14.6 Å². The molecule has 0 unspecified atom stereocenters. The third-order valence-electron chi connectivity index (χ3n) is 4.35. The summed E-state index contributed by atoms with van der Waals surface area (Å²) in [5, 5.41) is 7.33. The summed E-state index contributed by atoms with van der Waals surface area (Å²) in [6.45, 7) is 8.72. The number of guanidine groups is 1. The Labute approximate surface area is 149 Å². The number of hydrogen-bond donors (Lipinski definition) is 2. The van der Waals surface area contributed by atoms with E-state index in [1.807, 2.05) is 38.1 Å². The zero-order chi connectivity index (χ0) is 18.7. The molecule has 6 nitrogen and oxygen atoms in total. The molecule has 0 spiro atoms. The highest BCUT2D eigenvalue weighted by molar-refractivity contribution is 7.92. The van der Waals surface area contributed by atoms with Crippen molar-refractivity contribution >= 4 is 26.8 Å². The molecule has 2 N–H and O–H groups in total. The minimum atomic E-state index is -3.17. The van der Waals surface area contributed by atoms with E-state index >= 15 is 0 Å². The lowest BCUT2D eigenvalue weighted by Crippen LogP contribution is -2.47. The first-order valence-corrected chi connectivity index (χ1v) is 10.2. The minimum absolute atomic E-state index is 0.275. The molecule has 7 heteroatoms. The van der Waals surface area contributed by atoms with Gasteiger partial charge in [0.15, 0.2) is 15.8 Å². The van der Waals surface area contributed by atoms with E-state index in [4.69, 9.17) is 4.42 Å². The largest absolute Gasteiger partial charge is 0.459 e. The summed E-state index contributed by atoms with van der Waals surface area (Å²) in [5.74, 6) is 1.37. The number of benzene rings is 1. The van der Waals surface area contributed by atoms with Crippen molar-refractivity contribution < 1.29 is 12.8 Å². The van der Waals surface area contributed by atoms with Gasteiger partial charge in [-0.05, 0) is 33.8 Å². The second-order valence-electron chi connectivity index (χ2n) is 6.73. The molecule has 1 aromatic heterocycles. The topological polar surface area (TPSA) is 83.7 Å². The van der Waals surface area contributed by atoms with Crippen LogP contribution in [-0.4, -0.2) is 38.5 Å². The Bertz CT molecular complexity index is 867. The number of rotatable bonds is 6. The molecule has 0 fully saturated rings. The fourth-order valence-electron chi connectivity index (χ4n) is 2.30. The van der Waals surface area contributed by atoms with Gasteiger partial charge >= 0.3 is 0 Å². The van der Waals surface area contributed by atoms with Crippen LogP contribution in [0.3, 0.4) is 0 Å². The van der Waals surface area contributed by atoms with Crippen LogP contribution in [0.4, 0.5) is 0 Å². The van der Waals surface area contributed by atoms with E-state index in [0.717, 1.165) is 22.3 Å². The molecule has 2 aromatic rings. The van der Waals surface area contributed by atoms with Gasteiger partial charge in [-0.2, -0.15) is 0 Å². The molecule has 1 heterocycles. The van der Waals surface area contributed by atoms with Crippen molar-refractivity contribution in [3.63, 3.8) is 0 Å². The van der Waals surface area contributed by atoms with Crippen LogP contribution in [0.25, 0.3) is 11.0 Å². The fourth-order valence-corrected chi connectivity index (χ4v) is 2.63. The van der Waals surface area contributed by atoms with Crippen molar-refractivity contribution in [1.29, 1.82) is 0 Å². The van der Waals surface area contributed by atoms with E-state index in [2.05, 4.69) is 15.6 Å².